The third-order valence-electron chi connectivity index (χ3n) is 7.56. The van der Waals surface area contributed by atoms with E-state index in [-0.39, 0.29) is 35.1 Å². The van der Waals surface area contributed by atoms with Gasteiger partial charge in [0.2, 0.25) is 5.91 Å². The van der Waals surface area contributed by atoms with Crippen LogP contribution >= 0.6 is 0 Å². The van der Waals surface area contributed by atoms with Crippen molar-refractivity contribution in [1.29, 1.82) is 0 Å². The van der Waals surface area contributed by atoms with Crippen LogP contribution in [0.1, 0.15) is 46.1 Å². The van der Waals surface area contributed by atoms with Gasteiger partial charge in [0.15, 0.2) is 8.32 Å². The number of nitrogens with zero attached hydrogens (tertiary/aromatic N) is 1. The number of piperidine rings is 1. The Morgan fingerprint density at radius 2 is 1.93 bits per heavy atom. The predicted octanol–water partition coefficient (Wildman–Crippen LogP) is 4.91. The minimum absolute atomic E-state index is 0.00887. The average molecular weight is 414 g/mol. The SMILES string of the molecule is CC[C@H]1[C@H](O[Si](C)(C)C(C)(C)C)[C@]23C=C[C@H](C[C@@H]2C(=O)N1Cc1ccccc1)O3. The fourth-order valence-corrected chi connectivity index (χ4v) is 6.23. The number of ether oxygens (including phenoxy) is 1. The van der Waals surface area contributed by atoms with Crippen LogP contribution in [-0.2, 0) is 20.5 Å². The summed E-state index contributed by atoms with van der Waals surface area (Å²) in [7, 11) is -2.05. The first-order chi connectivity index (χ1) is 13.6. The number of fused-ring (bicyclic) bond motifs is 1. The fourth-order valence-electron chi connectivity index (χ4n) is 4.90. The third-order valence-corrected chi connectivity index (χ3v) is 12.0. The zero-order valence-corrected chi connectivity index (χ0v) is 19.6. The van der Waals surface area contributed by atoms with Gasteiger partial charge in [0.05, 0.1) is 24.2 Å². The Morgan fingerprint density at radius 3 is 2.52 bits per heavy atom. The minimum Gasteiger partial charge on any atom is -0.409 e. The van der Waals surface area contributed by atoms with Gasteiger partial charge in [0.1, 0.15) is 5.60 Å². The van der Waals surface area contributed by atoms with Crippen molar-refractivity contribution < 1.29 is 14.0 Å². The van der Waals surface area contributed by atoms with Crippen molar-refractivity contribution in [2.75, 3.05) is 0 Å². The molecule has 0 radical (unpaired) electrons. The van der Waals surface area contributed by atoms with Crippen LogP contribution in [0.4, 0.5) is 0 Å². The largest absolute Gasteiger partial charge is 0.409 e. The summed E-state index contributed by atoms with van der Waals surface area (Å²) in [4.78, 5) is 15.7. The summed E-state index contributed by atoms with van der Waals surface area (Å²) in [5.74, 6) is 0.0846. The van der Waals surface area contributed by atoms with Crippen LogP contribution in [0, 0.1) is 5.92 Å². The van der Waals surface area contributed by atoms with E-state index >= 15 is 0 Å². The molecule has 1 spiro atoms. The molecule has 2 saturated heterocycles. The Bertz CT molecular complexity index is 800. The molecule has 4 nitrogen and oxygen atoms in total. The lowest BCUT2D eigenvalue weighted by atomic mass is 9.72. The maximum Gasteiger partial charge on any atom is 0.229 e. The van der Waals surface area contributed by atoms with Crippen molar-refractivity contribution in [3.05, 3.63) is 48.0 Å². The first kappa shape index (κ1) is 20.8. The van der Waals surface area contributed by atoms with E-state index in [2.05, 4.69) is 70.0 Å². The van der Waals surface area contributed by atoms with E-state index in [1.165, 1.54) is 5.56 Å². The van der Waals surface area contributed by atoms with Crippen molar-refractivity contribution in [3.8, 4) is 0 Å². The van der Waals surface area contributed by atoms with Gasteiger partial charge < -0.3 is 14.1 Å². The van der Waals surface area contributed by atoms with Gasteiger partial charge in [-0.1, -0.05) is 70.2 Å². The van der Waals surface area contributed by atoms with Crippen LogP contribution in [-0.4, -0.2) is 43.0 Å². The van der Waals surface area contributed by atoms with E-state index in [9.17, 15) is 4.79 Å². The summed E-state index contributed by atoms with van der Waals surface area (Å²) in [5, 5.41) is 0.101. The Balaban J connectivity index is 1.73. The molecular weight excluding hydrogens is 378 g/mol. The summed E-state index contributed by atoms with van der Waals surface area (Å²) in [5.41, 5.74) is 0.575. The molecule has 0 saturated carbocycles. The monoisotopic (exact) mass is 413 g/mol. The van der Waals surface area contributed by atoms with E-state index < -0.39 is 13.9 Å². The summed E-state index contributed by atoms with van der Waals surface area (Å²) < 4.78 is 13.5. The summed E-state index contributed by atoms with van der Waals surface area (Å²) in [6.45, 7) is 14.2. The van der Waals surface area contributed by atoms with Crippen LogP contribution in [0.3, 0.4) is 0 Å². The van der Waals surface area contributed by atoms with E-state index in [1.54, 1.807) is 0 Å². The Hall–Kier alpha value is -1.43. The van der Waals surface area contributed by atoms with Crippen LogP contribution < -0.4 is 0 Å². The molecule has 3 heterocycles. The molecule has 0 N–H and O–H groups in total. The second-order valence-electron chi connectivity index (χ2n) is 10.4. The highest BCUT2D eigenvalue weighted by Gasteiger charge is 2.65. The quantitative estimate of drug-likeness (QED) is 0.508. The first-order valence-electron chi connectivity index (χ1n) is 11.0. The number of hydrogen-bond donors (Lipinski definition) is 0. The van der Waals surface area contributed by atoms with Crippen molar-refractivity contribution in [3.63, 3.8) is 0 Å². The Morgan fingerprint density at radius 1 is 1.24 bits per heavy atom. The summed E-state index contributed by atoms with van der Waals surface area (Å²) in [6, 6.07) is 10.3. The number of rotatable bonds is 5. The standard InChI is InChI=1S/C24H35NO3Si/c1-7-20-21(28-29(5,6)23(2,3)4)24-14-13-18(27-24)15-19(24)22(26)25(20)16-17-11-9-8-10-12-17/h8-14,18-21H,7,15-16H2,1-6H3/t18-,19-,20+,21+,24+/m1/s1. The van der Waals surface area contributed by atoms with Gasteiger partial charge >= 0.3 is 0 Å². The van der Waals surface area contributed by atoms with Gasteiger partial charge in [-0.2, -0.15) is 0 Å². The zero-order valence-electron chi connectivity index (χ0n) is 18.6. The molecule has 3 aliphatic rings. The maximum atomic E-state index is 13.6. The number of benzene rings is 1. The summed E-state index contributed by atoms with van der Waals surface area (Å²) in [6.07, 6.45) is 5.85. The number of amides is 1. The Kier molecular flexibility index (Phi) is 5.08. The molecule has 2 bridgehead atoms. The topological polar surface area (TPSA) is 38.8 Å². The normalized spacial score (nSPS) is 34.0. The van der Waals surface area contributed by atoms with Crippen molar-refractivity contribution in [1.82, 2.24) is 4.90 Å². The molecule has 5 atom stereocenters. The van der Waals surface area contributed by atoms with Gasteiger partial charge in [-0.05, 0) is 36.5 Å². The molecular formula is C24H35NO3Si. The lowest BCUT2D eigenvalue weighted by Gasteiger charge is -2.54. The molecule has 3 aliphatic heterocycles. The second kappa shape index (κ2) is 7.07. The number of carbonyl (C=O) groups is 1. The molecule has 5 heteroatoms. The second-order valence-corrected chi connectivity index (χ2v) is 15.1. The highest BCUT2D eigenvalue weighted by atomic mass is 28.4. The van der Waals surface area contributed by atoms with Gasteiger partial charge in [-0.15, -0.1) is 0 Å². The van der Waals surface area contributed by atoms with Gasteiger partial charge in [0.25, 0.3) is 0 Å². The third kappa shape index (κ3) is 3.31. The van der Waals surface area contributed by atoms with Crippen LogP contribution in [0.25, 0.3) is 0 Å². The molecule has 1 aromatic rings. The minimum atomic E-state index is -2.05. The van der Waals surface area contributed by atoms with Crippen molar-refractivity contribution in [2.24, 2.45) is 5.92 Å². The van der Waals surface area contributed by atoms with E-state index in [1.807, 2.05) is 18.2 Å². The number of hydrogen-bond acceptors (Lipinski definition) is 3. The van der Waals surface area contributed by atoms with E-state index in [0.29, 0.717) is 6.54 Å². The summed E-state index contributed by atoms with van der Waals surface area (Å²) >= 11 is 0. The zero-order chi connectivity index (χ0) is 21.0. The van der Waals surface area contributed by atoms with Gasteiger partial charge in [-0.3, -0.25) is 4.79 Å². The lowest BCUT2D eigenvalue weighted by Crippen LogP contribution is -2.68. The first-order valence-corrected chi connectivity index (χ1v) is 13.9. The molecule has 0 aromatic heterocycles. The highest BCUT2D eigenvalue weighted by molar-refractivity contribution is 6.74. The molecule has 0 unspecified atom stereocenters. The van der Waals surface area contributed by atoms with Crippen molar-refractivity contribution in [2.45, 2.75) is 89.1 Å². The smallest absolute Gasteiger partial charge is 0.229 e. The molecule has 1 amide bonds. The average Bonchev–Trinajstić information content (AvgIpc) is 3.25. The van der Waals surface area contributed by atoms with Crippen LogP contribution in [0.5, 0.6) is 0 Å². The molecule has 158 valence electrons. The van der Waals surface area contributed by atoms with E-state index in [0.717, 1.165) is 12.8 Å². The molecule has 0 aliphatic carbocycles. The van der Waals surface area contributed by atoms with E-state index in [4.69, 9.17) is 9.16 Å². The van der Waals surface area contributed by atoms with Crippen LogP contribution in [0.2, 0.25) is 18.1 Å². The number of likely N-dealkylation sites (tertiary alicyclic amines) is 1. The van der Waals surface area contributed by atoms with Crippen molar-refractivity contribution >= 4 is 14.2 Å². The Labute approximate surface area is 176 Å². The molecule has 1 aromatic carbocycles. The molecule has 29 heavy (non-hydrogen) atoms. The lowest BCUT2D eigenvalue weighted by molar-refractivity contribution is -0.173. The van der Waals surface area contributed by atoms with Gasteiger partial charge in [0, 0.05) is 6.54 Å². The molecule has 2 fully saturated rings. The number of carbonyl (C=O) groups excluding carboxylic acids is 1. The fraction of sp³-hybridized carbons (Fsp3) is 0.625. The maximum absolute atomic E-state index is 13.6. The van der Waals surface area contributed by atoms with Gasteiger partial charge in [-0.25, -0.2) is 0 Å². The van der Waals surface area contributed by atoms with Crippen LogP contribution in [0.15, 0.2) is 42.5 Å². The molecule has 4 rings (SSSR count). The predicted molar refractivity (Wildman–Crippen MR) is 118 cm³/mol. The highest BCUT2D eigenvalue weighted by Crippen LogP contribution is 2.53.